The van der Waals surface area contributed by atoms with Gasteiger partial charge >= 0.3 is 0 Å². The van der Waals surface area contributed by atoms with E-state index in [9.17, 15) is 8.42 Å². The van der Waals surface area contributed by atoms with Crippen LogP contribution >= 0.6 is 0 Å². The van der Waals surface area contributed by atoms with E-state index in [0.717, 1.165) is 23.2 Å². The van der Waals surface area contributed by atoms with Gasteiger partial charge in [0, 0.05) is 29.4 Å². The average molecular weight is 330 g/mol. The van der Waals surface area contributed by atoms with Gasteiger partial charge in [-0.25, -0.2) is 13.1 Å². The third kappa shape index (κ3) is 3.62. The number of hydrogen-bond donors (Lipinski definition) is 1. The normalized spacial score (nSPS) is 20.7. The van der Waals surface area contributed by atoms with Gasteiger partial charge in [-0.1, -0.05) is 30.3 Å². The monoisotopic (exact) mass is 330 g/mol. The Labute approximate surface area is 138 Å². The second-order valence-corrected chi connectivity index (χ2v) is 8.74. The summed E-state index contributed by atoms with van der Waals surface area (Å²) in [5, 5.41) is -0.389. The molecule has 2 aromatic rings. The van der Waals surface area contributed by atoms with Crippen molar-refractivity contribution < 1.29 is 8.42 Å². The van der Waals surface area contributed by atoms with Crippen LogP contribution in [0.2, 0.25) is 0 Å². The van der Waals surface area contributed by atoms with Gasteiger partial charge in [-0.05, 0) is 44.4 Å². The molecule has 0 amide bonds. The van der Waals surface area contributed by atoms with E-state index in [-0.39, 0.29) is 17.2 Å². The highest BCUT2D eigenvalue weighted by Crippen LogP contribution is 2.41. The van der Waals surface area contributed by atoms with Crippen LogP contribution in [0.4, 0.5) is 0 Å². The number of pyridine rings is 1. The summed E-state index contributed by atoms with van der Waals surface area (Å²) in [4.78, 5) is 4.32. The fourth-order valence-corrected chi connectivity index (χ4v) is 3.56. The Morgan fingerprint density at radius 3 is 2.30 bits per heavy atom. The van der Waals surface area contributed by atoms with Gasteiger partial charge in [-0.2, -0.15) is 0 Å². The van der Waals surface area contributed by atoms with Crippen LogP contribution in [0.1, 0.15) is 37.4 Å². The van der Waals surface area contributed by atoms with E-state index in [0.29, 0.717) is 0 Å². The molecule has 1 fully saturated rings. The molecule has 0 bridgehead atoms. The Balaban J connectivity index is 1.69. The fourth-order valence-electron chi connectivity index (χ4n) is 2.60. The van der Waals surface area contributed by atoms with Gasteiger partial charge in [-0.3, -0.25) is 4.98 Å². The quantitative estimate of drug-likeness (QED) is 0.915. The molecule has 0 saturated heterocycles. The lowest BCUT2D eigenvalue weighted by Gasteiger charge is -2.09. The summed E-state index contributed by atoms with van der Waals surface area (Å²) >= 11 is 0. The molecule has 1 saturated carbocycles. The van der Waals surface area contributed by atoms with Gasteiger partial charge in [0.1, 0.15) is 0 Å². The van der Waals surface area contributed by atoms with Crippen LogP contribution in [0.15, 0.2) is 42.6 Å². The lowest BCUT2D eigenvalue weighted by molar-refractivity contribution is 0.571. The molecule has 2 atom stereocenters. The highest BCUT2D eigenvalue weighted by Gasteiger charge is 2.41. The number of aryl methyl sites for hydroxylation is 1. The molecule has 1 N–H and O–H groups in total. The maximum Gasteiger partial charge on any atom is 0.214 e. The van der Waals surface area contributed by atoms with Crippen LogP contribution in [0.25, 0.3) is 11.1 Å². The molecule has 0 radical (unpaired) electrons. The first-order valence-electron chi connectivity index (χ1n) is 7.91. The highest BCUT2D eigenvalue weighted by molar-refractivity contribution is 7.90. The number of aromatic nitrogens is 1. The first-order chi connectivity index (χ1) is 10.9. The van der Waals surface area contributed by atoms with Gasteiger partial charge in [0.25, 0.3) is 0 Å². The lowest BCUT2D eigenvalue weighted by atomic mass is 10.0. The fraction of sp³-hybridized carbons (Fsp3) is 0.389. The van der Waals surface area contributed by atoms with Crippen LogP contribution in [0, 0.1) is 6.92 Å². The second kappa shape index (κ2) is 6.06. The third-order valence-corrected chi connectivity index (χ3v) is 6.18. The zero-order valence-corrected chi connectivity index (χ0v) is 14.5. The van der Waals surface area contributed by atoms with Crippen molar-refractivity contribution in [2.45, 2.75) is 44.4 Å². The minimum atomic E-state index is -3.19. The van der Waals surface area contributed by atoms with Gasteiger partial charge in [0.2, 0.25) is 10.0 Å². The third-order valence-electron chi connectivity index (χ3n) is 4.31. The molecule has 3 rings (SSSR count). The largest absolute Gasteiger partial charge is 0.261 e. The number of hydrogen-bond acceptors (Lipinski definition) is 3. The van der Waals surface area contributed by atoms with E-state index in [1.807, 2.05) is 19.2 Å². The lowest BCUT2D eigenvalue weighted by Crippen LogP contribution is -2.33. The van der Waals surface area contributed by atoms with E-state index >= 15 is 0 Å². The predicted octanol–water partition coefficient (Wildman–Crippen LogP) is 3.24. The Bertz CT molecular complexity index is 781. The molecule has 1 unspecified atom stereocenters. The van der Waals surface area contributed by atoms with E-state index in [4.69, 9.17) is 0 Å². The molecule has 4 nitrogen and oxygen atoms in total. The number of nitrogens with zero attached hydrogens (tertiary/aromatic N) is 1. The minimum Gasteiger partial charge on any atom is -0.261 e. The topological polar surface area (TPSA) is 59.1 Å². The van der Waals surface area contributed by atoms with Crippen LogP contribution in [0.5, 0.6) is 0 Å². The molecule has 1 aromatic carbocycles. The molecular formula is C18H22N2O2S. The Hall–Kier alpha value is -1.72. The van der Waals surface area contributed by atoms with Crippen molar-refractivity contribution in [1.29, 1.82) is 0 Å². The van der Waals surface area contributed by atoms with Crippen LogP contribution in [-0.4, -0.2) is 24.7 Å². The molecule has 122 valence electrons. The van der Waals surface area contributed by atoms with Crippen molar-refractivity contribution in [3.05, 3.63) is 53.9 Å². The molecule has 0 spiro atoms. The van der Waals surface area contributed by atoms with Crippen molar-refractivity contribution in [3.63, 3.8) is 0 Å². The number of sulfonamides is 1. The molecule has 1 heterocycles. The van der Waals surface area contributed by atoms with Gasteiger partial charge in [0.05, 0.1) is 5.25 Å². The Kier molecular flexibility index (Phi) is 4.25. The molecule has 23 heavy (non-hydrogen) atoms. The first kappa shape index (κ1) is 16.1. The smallest absolute Gasteiger partial charge is 0.214 e. The zero-order chi connectivity index (χ0) is 16.6. The summed E-state index contributed by atoms with van der Waals surface area (Å²) in [6.07, 6.45) is 2.75. The predicted molar refractivity (Wildman–Crippen MR) is 92.7 cm³/mol. The molecule has 5 heteroatoms. The number of nitrogens with one attached hydrogen (secondary N) is 1. The maximum absolute atomic E-state index is 11.9. The summed E-state index contributed by atoms with van der Waals surface area (Å²) in [6.45, 7) is 5.37. The second-order valence-electron chi connectivity index (χ2n) is 6.47. The van der Waals surface area contributed by atoms with Crippen LogP contribution in [-0.2, 0) is 10.0 Å². The molecule has 1 aliphatic carbocycles. The van der Waals surface area contributed by atoms with Crippen molar-refractivity contribution in [2.75, 3.05) is 0 Å². The van der Waals surface area contributed by atoms with E-state index < -0.39 is 10.0 Å². The van der Waals surface area contributed by atoms with Crippen LogP contribution < -0.4 is 4.72 Å². The average Bonchev–Trinajstić information content (AvgIpc) is 3.26. The molecule has 0 aliphatic heterocycles. The highest BCUT2D eigenvalue weighted by atomic mass is 32.2. The van der Waals surface area contributed by atoms with Crippen molar-refractivity contribution in [1.82, 2.24) is 9.71 Å². The summed E-state index contributed by atoms with van der Waals surface area (Å²) in [6, 6.07) is 12.4. The van der Waals surface area contributed by atoms with Crippen LogP contribution in [0.3, 0.4) is 0 Å². The van der Waals surface area contributed by atoms with E-state index in [2.05, 4.69) is 40.0 Å². The standard InChI is InChI=1S/C18H22N2O2S/c1-12(2)23(21,22)20-18-10-17(18)15-8-6-14(7-9-15)16-5-4-13(3)19-11-16/h4-9,11-12,17-18,20H,10H2,1-3H3/t17?,18-/m0/s1. The van der Waals surface area contributed by atoms with Gasteiger partial charge < -0.3 is 0 Å². The number of benzene rings is 1. The van der Waals surface area contributed by atoms with E-state index in [1.165, 1.54) is 5.56 Å². The summed E-state index contributed by atoms with van der Waals surface area (Å²) in [7, 11) is -3.19. The zero-order valence-electron chi connectivity index (χ0n) is 13.7. The Morgan fingerprint density at radius 2 is 1.74 bits per heavy atom. The molecule has 1 aliphatic rings. The summed E-state index contributed by atoms with van der Waals surface area (Å²) in [5.41, 5.74) is 4.41. The summed E-state index contributed by atoms with van der Waals surface area (Å²) in [5.74, 6) is 0.286. The van der Waals surface area contributed by atoms with Gasteiger partial charge in [-0.15, -0.1) is 0 Å². The minimum absolute atomic E-state index is 0.0364. The maximum atomic E-state index is 11.9. The molecular weight excluding hydrogens is 308 g/mol. The van der Waals surface area contributed by atoms with Gasteiger partial charge in [0.15, 0.2) is 0 Å². The van der Waals surface area contributed by atoms with Crippen molar-refractivity contribution in [3.8, 4) is 11.1 Å². The Morgan fingerprint density at radius 1 is 1.09 bits per heavy atom. The van der Waals surface area contributed by atoms with Crippen molar-refractivity contribution >= 4 is 10.0 Å². The van der Waals surface area contributed by atoms with Crippen molar-refractivity contribution in [2.24, 2.45) is 0 Å². The summed E-state index contributed by atoms with van der Waals surface area (Å²) < 4.78 is 26.6. The SMILES string of the molecule is Cc1ccc(-c2ccc(C3C[C@@H]3NS(=O)(=O)C(C)C)cc2)cn1. The first-order valence-corrected chi connectivity index (χ1v) is 9.45. The molecule has 1 aromatic heterocycles. The van der Waals surface area contributed by atoms with E-state index in [1.54, 1.807) is 13.8 Å². The number of rotatable bonds is 5.